The molecule has 1 aromatic rings. The van der Waals surface area contributed by atoms with E-state index in [1.165, 1.54) is 12.8 Å². The lowest BCUT2D eigenvalue weighted by Crippen LogP contribution is -2.43. The predicted octanol–water partition coefficient (Wildman–Crippen LogP) is 1.95. The molecule has 5 heteroatoms. The van der Waals surface area contributed by atoms with Gasteiger partial charge in [-0.1, -0.05) is 12.8 Å². The Morgan fingerprint density at radius 3 is 2.72 bits per heavy atom. The third-order valence-electron chi connectivity index (χ3n) is 3.31. The molecule has 0 bridgehead atoms. The van der Waals surface area contributed by atoms with Crippen molar-refractivity contribution in [2.45, 2.75) is 51.2 Å². The zero-order chi connectivity index (χ0) is 13.0. The molecule has 0 aliphatic heterocycles. The summed E-state index contributed by atoms with van der Waals surface area (Å²) in [5.41, 5.74) is 5.88. The molecule has 0 atom stereocenters. The Morgan fingerprint density at radius 2 is 2.11 bits per heavy atom. The van der Waals surface area contributed by atoms with Crippen molar-refractivity contribution in [3.8, 4) is 5.88 Å². The van der Waals surface area contributed by atoms with E-state index in [0.29, 0.717) is 12.4 Å². The van der Waals surface area contributed by atoms with Gasteiger partial charge in [0.1, 0.15) is 5.82 Å². The fraction of sp³-hybridized carbons (Fsp3) is 0.692. The van der Waals surface area contributed by atoms with Gasteiger partial charge in [-0.05, 0) is 26.7 Å². The van der Waals surface area contributed by atoms with Gasteiger partial charge in [0.15, 0.2) is 0 Å². The number of aromatic nitrogens is 2. The Bertz CT molecular complexity index is 388. The summed E-state index contributed by atoms with van der Waals surface area (Å²) in [6.45, 7) is 4.57. The maximum absolute atomic E-state index is 5.89. The topological polar surface area (TPSA) is 73.1 Å². The molecule has 1 fully saturated rings. The first-order valence-electron chi connectivity index (χ1n) is 6.60. The van der Waals surface area contributed by atoms with Crippen LogP contribution in [0.1, 0.15) is 39.5 Å². The van der Waals surface area contributed by atoms with Gasteiger partial charge in [-0.15, -0.1) is 0 Å². The van der Waals surface area contributed by atoms with Gasteiger partial charge in [0, 0.05) is 6.54 Å². The van der Waals surface area contributed by atoms with Crippen LogP contribution in [0.2, 0.25) is 0 Å². The molecule has 1 aromatic heterocycles. The summed E-state index contributed by atoms with van der Waals surface area (Å²) in [7, 11) is 0. The van der Waals surface area contributed by atoms with Crippen molar-refractivity contribution >= 4 is 5.82 Å². The lowest BCUT2D eigenvalue weighted by molar-refractivity contribution is 0.232. The number of nitrogens with one attached hydrogen (secondary N) is 1. The fourth-order valence-electron chi connectivity index (χ4n) is 2.41. The van der Waals surface area contributed by atoms with Crippen LogP contribution in [0.3, 0.4) is 0 Å². The Morgan fingerprint density at radius 1 is 1.39 bits per heavy atom. The molecule has 0 spiro atoms. The van der Waals surface area contributed by atoms with Crippen molar-refractivity contribution in [2.75, 3.05) is 11.9 Å². The summed E-state index contributed by atoms with van der Waals surface area (Å²) in [6, 6.07) is 0. The highest BCUT2D eigenvalue weighted by Gasteiger charge is 2.32. The number of hydrogen-bond acceptors (Lipinski definition) is 5. The Hall–Kier alpha value is -1.36. The van der Waals surface area contributed by atoms with Crippen molar-refractivity contribution < 1.29 is 4.74 Å². The molecule has 0 amide bonds. The molecule has 5 nitrogen and oxygen atoms in total. The standard InChI is InChI=1S/C13H22N4O/c1-10(2)18-12-8-15-7-11(16-12)17-13(9-14)5-3-4-6-13/h7-8,10H,3-6,9,14H2,1-2H3,(H,16,17). The summed E-state index contributed by atoms with van der Waals surface area (Å²) in [6.07, 6.45) is 8.10. The van der Waals surface area contributed by atoms with Gasteiger partial charge < -0.3 is 15.8 Å². The highest BCUT2D eigenvalue weighted by Crippen LogP contribution is 2.31. The molecule has 0 radical (unpaired) electrons. The van der Waals surface area contributed by atoms with Crippen molar-refractivity contribution in [2.24, 2.45) is 5.73 Å². The normalized spacial score (nSPS) is 18.0. The first kappa shape index (κ1) is 13.1. The van der Waals surface area contributed by atoms with Crippen LogP contribution in [0, 0.1) is 0 Å². The largest absolute Gasteiger partial charge is 0.474 e. The second kappa shape index (κ2) is 5.52. The third kappa shape index (κ3) is 3.10. The van der Waals surface area contributed by atoms with Crippen LogP contribution in [0.15, 0.2) is 12.4 Å². The Balaban J connectivity index is 2.08. The third-order valence-corrected chi connectivity index (χ3v) is 3.31. The van der Waals surface area contributed by atoms with E-state index in [-0.39, 0.29) is 11.6 Å². The zero-order valence-corrected chi connectivity index (χ0v) is 11.1. The van der Waals surface area contributed by atoms with Crippen LogP contribution >= 0.6 is 0 Å². The first-order chi connectivity index (χ1) is 8.63. The maximum atomic E-state index is 5.89. The highest BCUT2D eigenvalue weighted by molar-refractivity contribution is 5.37. The van der Waals surface area contributed by atoms with Crippen molar-refractivity contribution in [3.05, 3.63) is 12.4 Å². The van der Waals surface area contributed by atoms with Crippen LogP contribution in [-0.2, 0) is 0 Å². The van der Waals surface area contributed by atoms with Crippen LogP contribution in [0.25, 0.3) is 0 Å². The highest BCUT2D eigenvalue weighted by atomic mass is 16.5. The molecule has 3 N–H and O–H groups in total. The van der Waals surface area contributed by atoms with Crippen LogP contribution in [0.5, 0.6) is 5.88 Å². The summed E-state index contributed by atoms with van der Waals surface area (Å²) >= 11 is 0. The van der Waals surface area contributed by atoms with E-state index < -0.39 is 0 Å². The number of hydrogen-bond donors (Lipinski definition) is 2. The predicted molar refractivity (Wildman–Crippen MR) is 71.7 cm³/mol. The van der Waals surface area contributed by atoms with Gasteiger partial charge in [-0.3, -0.25) is 4.98 Å². The molecule has 18 heavy (non-hydrogen) atoms. The minimum absolute atomic E-state index is 0.00880. The van der Waals surface area contributed by atoms with E-state index in [0.717, 1.165) is 18.7 Å². The lowest BCUT2D eigenvalue weighted by Gasteiger charge is -2.29. The minimum atomic E-state index is -0.00880. The molecule has 1 aliphatic rings. The number of nitrogens with zero attached hydrogens (tertiary/aromatic N) is 2. The Kier molecular flexibility index (Phi) is 4.01. The average Bonchev–Trinajstić information content (AvgIpc) is 2.78. The summed E-state index contributed by atoms with van der Waals surface area (Å²) in [4.78, 5) is 8.57. The van der Waals surface area contributed by atoms with E-state index in [4.69, 9.17) is 10.5 Å². The minimum Gasteiger partial charge on any atom is -0.474 e. The van der Waals surface area contributed by atoms with E-state index in [9.17, 15) is 0 Å². The number of anilines is 1. The van der Waals surface area contributed by atoms with Gasteiger partial charge in [-0.25, -0.2) is 0 Å². The second-order valence-electron chi connectivity index (χ2n) is 5.23. The van der Waals surface area contributed by atoms with E-state index in [1.54, 1.807) is 12.4 Å². The molecular weight excluding hydrogens is 228 g/mol. The van der Waals surface area contributed by atoms with E-state index in [2.05, 4.69) is 15.3 Å². The summed E-state index contributed by atoms with van der Waals surface area (Å²) in [5, 5.41) is 3.44. The van der Waals surface area contributed by atoms with Gasteiger partial charge in [0.2, 0.25) is 5.88 Å². The van der Waals surface area contributed by atoms with Crippen molar-refractivity contribution in [1.29, 1.82) is 0 Å². The molecule has 0 saturated heterocycles. The van der Waals surface area contributed by atoms with Gasteiger partial charge >= 0.3 is 0 Å². The van der Waals surface area contributed by atoms with Gasteiger partial charge in [0.05, 0.1) is 24.0 Å². The maximum Gasteiger partial charge on any atom is 0.234 e. The Labute approximate surface area is 108 Å². The fourth-order valence-corrected chi connectivity index (χ4v) is 2.41. The monoisotopic (exact) mass is 250 g/mol. The van der Waals surface area contributed by atoms with Gasteiger partial charge in [0.25, 0.3) is 0 Å². The van der Waals surface area contributed by atoms with Gasteiger partial charge in [-0.2, -0.15) is 4.98 Å². The van der Waals surface area contributed by atoms with Crippen molar-refractivity contribution in [1.82, 2.24) is 9.97 Å². The van der Waals surface area contributed by atoms with Crippen LogP contribution in [-0.4, -0.2) is 28.2 Å². The van der Waals surface area contributed by atoms with Crippen molar-refractivity contribution in [3.63, 3.8) is 0 Å². The smallest absolute Gasteiger partial charge is 0.234 e. The molecule has 1 heterocycles. The van der Waals surface area contributed by atoms with E-state index >= 15 is 0 Å². The zero-order valence-electron chi connectivity index (χ0n) is 11.1. The number of ether oxygens (including phenoxy) is 1. The SMILES string of the molecule is CC(C)Oc1cncc(NC2(CN)CCCC2)n1. The van der Waals surface area contributed by atoms with E-state index in [1.807, 2.05) is 13.8 Å². The number of rotatable bonds is 5. The first-order valence-corrected chi connectivity index (χ1v) is 6.60. The molecule has 0 aromatic carbocycles. The second-order valence-corrected chi connectivity index (χ2v) is 5.23. The molecule has 1 saturated carbocycles. The summed E-state index contributed by atoms with van der Waals surface area (Å²) in [5.74, 6) is 1.31. The average molecular weight is 250 g/mol. The molecule has 2 rings (SSSR count). The quantitative estimate of drug-likeness (QED) is 0.835. The summed E-state index contributed by atoms with van der Waals surface area (Å²) < 4.78 is 5.54. The molecule has 1 aliphatic carbocycles. The molecule has 100 valence electrons. The number of nitrogens with two attached hydrogens (primary N) is 1. The van der Waals surface area contributed by atoms with Crippen LogP contribution < -0.4 is 15.8 Å². The lowest BCUT2D eigenvalue weighted by atomic mass is 9.98. The van der Waals surface area contributed by atoms with Crippen LogP contribution in [0.4, 0.5) is 5.82 Å². The molecular formula is C13H22N4O. The molecule has 0 unspecified atom stereocenters.